The lowest BCUT2D eigenvalue weighted by atomic mass is 9.82. The molecule has 6 heteroatoms. The highest BCUT2D eigenvalue weighted by molar-refractivity contribution is 7.89. The average Bonchev–Trinajstić information content (AvgIpc) is 2.14. The van der Waals surface area contributed by atoms with Gasteiger partial charge < -0.3 is 10.4 Å². The summed E-state index contributed by atoms with van der Waals surface area (Å²) in [4.78, 5) is 0. The lowest BCUT2D eigenvalue weighted by molar-refractivity contribution is 0.0367. The van der Waals surface area contributed by atoms with Crippen molar-refractivity contribution in [1.29, 1.82) is 0 Å². The molecule has 1 saturated carbocycles. The van der Waals surface area contributed by atoms with Gasteiger partial charge in [-0.15, -0.1) is 0 Å². The van der Waals surface area contributed by atoms with E-state index in [1.54, 1.807) is 7.05 Å². The van der Waals surface area contributed by atoms with Crippen LogP contribution in [0.1, 0.15) is 26.7 Å². The molecule has 0 bridgehead atoms. The minimum Gasteiger partial charge on any atom is -0.393 e. The van der Waals surface area contributed by atoms with Gasteiger partial charge in [0.05, 0.1) is 11.9 Å². The van der Waals surface area contributed by atoms with E-state index in [9.17, 15) is 8.42 Å². The first-order valence-corrected chi connectivity index (χ1v) is 7.77. The fraction of sp³-hybridized carbons (Fsp3) is 1.00. The van der Waals surface area contributed by atoms with Crippen molar-refractivity contribution < 1.29 is 13.5 Å². The summed E-state index contributed by atoms with van der Waals surface area (Å²) in [6.07, 6.45) is 1.23. The van der Waals surface area contributed by atoms with Crippen LogP contribution in [-0.4, -0.2) is 55.9 Å². The maximum Gasteiger partial charge on any atom is 0.215 e. The van der Waals surface area contributed by atoms with Gasteiger partial charge in [-0.25, -0.2) is 12.7 Å². The molecule has 0 atom stereocenters. The van der Waals surface area contributed by atoms with Gasteiger partial charge in [-0.1, -0.05) is 13.8 Å². The first-order chi connectivity index (χ1) is 7.81. The van der Waals surface area contributed by atoms with Gasteiger partial charge in [0.2, 0.25) is 10.0 Å². The molecule has 0 spiro atoms. The number of nitrogens with one attached hydrogen (secondary N) is 1. The van der Waals surface area contributed by atoms with Crippen molar-refractivity contribution in [3.8, 4) is 0 Å². The molecule has 1 aliphatic rings. The number of hydrogen-bond donors (Lipinski definition) is 2. The van der Waals surface area contributed by atoms with Crippen molar-refractivity contribution in [2.75, 3.05) is 25.9 Å². The summed E-state index contributed by atoms with van der Waals surface area (Å²) >= 11 is 0. The Morgan fingerprint density at radius 1 is 1.41 bits per heavy atom. The predicted molar refractivity (Wildman–Crippen MR) is 68.3 cm³/mol. The zero-order valence-corrected chi connectivity index (χ0v) is 11.7. The number of aliphatic hydroxyl groups is 1. The van der Waals surface area contributed by atoms with Crippen molar-refractivity contribution in [1.82, 2.24) is 9.62 Å². The van der Waals surface area contributed by atoms with Gasteiger partial charge in [-0.3, -0.25) is 0 Å². The van der Waals surface area contributed by atoms with Crippen molar-refractivity contribution in [3.63, 3.8) is 0 Å². The smallest absolute Gasteiger partial charge is 0.215 e. The van der Waals surface area contributed by atoms with Crippen LogP contribution < -0.4 is 5.32 Å². The minimum absolute atomic E-state index is 0.136. The van der Waals surface area contributed by atoms with E-state index in [1.165, 1.54) is 4.31 Å². The van der Waals surface area contributed by atoms with E-state index in [4.69, 9.17) is 5.11 Å². The van der Waals surface area contributed by atoms with Crippen LogP contribution in [0.4, 0.5) is 0 Å². The topological polar surface area (TPSA) is 69.6 Å². The molecule has 2 N–H and O–H groups in total. The largest absolute Gasteiger partial charge is 0.393 e. The van der Waals surface area contributed by atoms with Crippen LogP contribution in [0.5, 0.6) is 0 Å². The maximum absolute atomic E-state index is 11.9. The standard InChI is InChI=1S/C11H24N2O3S/c1-9(2)12-4-5-17(15,16)13(3)8-10-6-11(14)7-10/h9-12,14H,4-8H2,1-3H3. The molecule has 0 unspecified atom stereocenters. The summed E-state index contributed by atoms with van der Waals surface area (Å²) < 4.78 is 25.2. The molecule has 0 heterocycles. The number of aliphatic hydroxyl groups excluding tert-OH is 1. The first-order valence-electron chi connectivity index (χ1n) is 6.16. The Morgan fingerprint density at radius 3 is 2.47 bits per heavy atom. The van der Waals surface area contributed by atoms with Crippen molar-refractivity contribution >= 4 is 10.0 Å². The molecular formula is C11H24N2O3S. The lowest BCUT2D eigenvalue weighted by Crippen LogP contribution is -2.42. The van der Waals surface area contributed by atoms with E-state index >= 15 is 0 Å². The first kappa shape index (κ1) is 14.9. The molecule has 1 fully saturated rings. The van der Waals surface area contributed by atoms with Gasteiger partial charge >= 0.3 is 0 Å². The number of hydrogen-bond acceptors (Lipinski definition) is 4. The van der Waals surface area contributed by atoms with Crippen molar-refractivity contribution in [2.24, 2.45) is 5.92 Å². The Kier molecular flexibility index (Phi) is 5.37. The van der Waals surface area contributed by atoms with E-state index < -0.39 is 10.0 Å². The number of sulfonamides is 1. The lowest BCUT2D eigenvalue weighted by Gasteiger charge is -2.34. The number of rotatable bonds is 7. The molecular weight excluding hydrogens is 240 g/mol. The third kappa shape index (κ3) is 4.91. The Bertz CT molecular complexity index is 324. The summed E-state index contributed by atoms with van der Waals surface area (Å²) in [6, 6.07) is 0.303. The summed E-state index contributed by atoms with van der Waals surface area (Å²) in [6.45, 7) is 5.00. The fourth-order valence-corrected chi connectivity index (χ4v) is 3.08. The van der Waals surface area contributed by atoms with Crippen LogP contribution in [0.3, 0.4) is 0 Å². The number of nitrogens with zero attached hydrogens (tertiary/aromatic N) is 1. The Morgan fingerprint density at radius 2 is 2.00 bits per heavy atom. The van der Waals surface area contributed by atoms with Crippen LogP contribution in [-0.2, 0) is 10.0 Å². The molecule has 1 aliphatic carbocycles. The van der Waals surface area contributed by atoms with Crippen LogP contribution in [0, 0.1) is 5.92 Å². The molecule has 0 aromatic carbocycles. The van der Waals surface area contributed by atoms with Crippen molar-refractivity contribution in [2.45, 2.75) is 38.8 Å². The quantitative estimate of drug-likeness (QED) is 0.680. The van der Waals surface area contributed by atoms with E-state index in [0.29, 0.717) is 25.0 Å². The molecule has 17 heavy (non-hydrogen) atoms. The van der Waals surface area contributed by atoms with Gasteiger partial charge in [0.15, 0.2) is 0 Å². The fourth-order valence-electron chi connectivity index (χ4n) is 1.96. The summed E-state index contributed by atoms with van der Waals surface area (Å²) in [5, 5.41) is 12.3. The molecule has 0 aromatic rings. The molecule has 0 aliphatic heterocycles. The van der Waals surface area contributed by atoms with E-state index in [1.807, 2.05) is 13.8 Å². The second kappa shape index (κ2) is 6.13. The average molecular weight is 264 g/mol. The van der Waals surface area contributed by atoms with Crippen LogP contribution in [0.25, 0.3) is 0 Å². The molecule has 102 valence electrons. The zero-order chi connectivity index (χ0) is 13.1. The van der Waals surface area contributed by atoms with E-state index in [2.05, 4.69) is 5.32 Å². The van der Waals surface area contributed by atoms with Crippen LogP contribution in [0.2, 0.25) is 0 Å². The van der Waals surface area contributed by atoms with Gasteiger partial charge in [0.1, 0.15) is 0 Å². The maximum atomic E-state index is 11.9. The summed E-state index contributed by atoms with van der Waals surface area (Å²) in [7, 11) is -1.54. The molecule has 0 aromatic heterocycles. The second-order valence-corrected chi connectivity index (χ2v) is 7.39. The highest BCUT2D eigenvalue weighted by Crippen LogP contribution is 2.28. The molecule has 1 rings (SSSR count). The van der Waals surface area contributed by atoms with E-state index in [-0.39, 0.29) is 11.9 Å². The zero-order valence-electron chi connectivity index (χ0n) is 10.9. The Labute approximate surface area is 104 Å². The van der Waals surface area contributed by atoms with E-state index in [0.717, 1.165) is 12.8 Å². The van der Waals surface area contributed by atoms with Gasteiger partial charge in [0.25, 0.3) is 0 Å². The normalized spacial score (nSPS) is 25.3. The minimum atomic E-state index is -3.16. The molecule has 0 radical (unpaired) electrons. The summed E-state index contributed by atoms with van der Waals surface area (Å²) in [5.74, 6) is 0.458. The molecule has 5 nitrogen and oxygen atoms in total. The van der Waals surface area contributed by atoms with Gasteiger partial charge in [0, 0.05) is 26.2 Å². The highest BCUT2D eigenvalue weighted by Gasteiger charge is 2.30. The monoisotopic (exact) mass is 264 g/mol. The predicted octanol–water partition coefficient (Wildman–Crippen LogP) is 0.0169. The van der Waals surface area contributed by atoms with Gasteiger partial charge in [-0.2, -0.15) is 0 Å². The molecule has 0 amide bonds. The molecule has 0 saturated heterocycles. The third-order valence-corrected chi connectivity index (χ3v) is 4.93. The van der Waals surface area contributed by atoms with Crippen LogP contribution >= 0.6 is 0 Å². The van der Waals surface area contributed by atoms with Crippen molar-refractivity contribution in [3.05, 3.63) is 0 Å². The SMILES string of the molecule is CC(C)NCCS(=O)(=O)N(C)CC1CC(O)C1. The Balaban J connectivity index is 2.30. The summed E-state index contributed by atoms with van der Waals surface area (Å²) in [5.41, 5.74) is 0. The Hall–Kier alpha value is -0.170. The third-order valence-electron chi connectivity index (χ3n) is 3.11. The second-order valence-electron chi connectivity index (χ2n) is 5.20. The van der Waals surface area contributed by atoms with Gasteiger partial charge in [-0.05, 0) is 18.8 Å². The highest BCUT2D eigenvalue weighted by atomic mass is 32.2. The van der Waals surface area contributed by atoms with Crippen LogP contribution in [0.15, 0.2) is 0 Å².